The molecule has 4 heterocycles. The van der Waals surface area contributed by atoms with E-state index >= 15 is 0 Å². The number of nitrogens with one attached hydrogen (secondary N) is 2. The van der Waals surface area contributed by atoms with Crippen LogP contribution in [0, 0.1) is 0 Å². The maximum atomic E-state index is 13.4. The fourth-order valence-corrected chi connectivity index (χ4v) is 8.92. The summed E-state index contributed by atoms with van der Waals surface area (Å²) in [5.74, 6) is -0.850. The number of imide groups is 1. The van der Waals surface area contributed by atoms with Crippen LogP contribution in [-0.2, 0) is 43.6 Å². The number of carbonyl (C=O) groups excluding carboxylic acids is 3. The van der Waals surface area contributed by atoms with Crippen molar-refractivity contribution in [1.29, 1.82) is 0 Å². The number of H-pyrrole nitrogens is 1. The summed E-state index contributed by atoms with van der Waals surface area (Å²) in [6, 6.07) is 39.6. The molecule has 1 unspecified atom stereocenters. The van der Waals surface area contributed by atoms with Gasteiger partial charge in [-0.25, -0.2) is 9.59 Å². The second kappa shape index (κ2) is 18.3. The lowest BCUT2D eigenvalue weighted by atomic mass is 9.97. The maximum absolute atomic E-state index is 13.4. The van der Waals surface area contributed by atoms with E-state index in [2.05, 4.69) is 15.2 Å². The van der Waals surface area contributed by atoms with E-state index < -0.39 is 24.3 Å². The number of rotatable bonds is 12. The van der Waals surface area contributed by atoms with E-state index in [1.807, 2.05) is 132 Å². The molecule has 0 radical (unpaired) electrons. The van der Waals surface area contributed by atoms with E-state index in [1.54, 1.807) is 0 Å². The Morgan fingerprint density at radius 3 is 2.27 bits per heavy atom. The van der Waals surface area contributed by atoms with Gasteiger partial charge in [0.2, 0.25) is 5.91 Å². The molecule has 3 saturated heterocycles. The number of benzene rings is 5. The molecule has 0 spiro atoms. The van der Waals surface area contributed by atoms with Gasteiger partial charge in [0.05, 0.1) is 42.8 Å². The molecule has 0 saturated carbocycles. The summed E-state index contributed by atoms with van der Waals surface area (Å²) in [4.78, 5) is 58.6. The predicted molar refractivity (Wildman–Crippen MR) is 231 cm³/mol. The van der Waals surface area contributed by atoms with Crippen molar-refractivity contribution >= 4 is 28.9 Å². The Morgan fingerprint density at radius 1 is 0.790 bits per heavy atom. The molecule has 1 aromatic heterocycles. The zero-order chi connectivity index (χ0) is 42.6. The zero-order valence-corrected chi connectivity index (χ0v) is 34.2. The van der Waals surface area contributed by atoms with Crippen molar-refractivity contribution in [3.63, 3.8) is 0 Å². The van der Waals surface area contributed by atoms with Crippen molar-refractivity contribution in [2.75, 3.05) is 19.6 Å². The Bertz CT molecular complexity index is 2580. The SMILES string of the molecule is O=C(NC1CC(=O)N(Cc2ccccc2-c2ccc([C@H]3O[C@@H](CN4CCC(n5c(=O)[nH]c6ccccc65)CC4)C[C@@H](c4ccc(CO)cc4)O3)cc2)C1=O)OCc1ccccc1. The minimum Gasteiger partial charge on any atom is -0.445 e. The van der Waals surface area contributed by atoms with Crippen LogP contribution in [0.2, 0.25) is 0 Å². The average Bonchev–Trinajstić information content (AvgIpc) is 3.78. The van der Waals surface area contributed by atoms with E-state index in [0.29, 0.717) is 13.0 Å². The first-order chi connectivity index (χ1) is 30.3. The molecule has 3 N–H and O–H groups in total. The number of carbonyl (C=O) groups is 3. The summed E-state index contributed by atoms with van der Waals surface area (Å²) < 4.78 is 20.6. The standard InChI is InChI=1S/C49H49N5O8/c55-30-32-14-16-35(17-15-32)44-26-39(29-52-24-22-38(23-25-52)54-43-13-7-6-12-41(43)50-48(54)58)61-47(62-44)36-20-18-34(19-21-36)40-11-5-4-10-37(40)28-53-45(56)27-42(46(53)57)51-49(59)60-31-33-8-2-1-3-9-33/h1-21,38-39,42,44,47,55H,22-31H2,(H,50,58)(H,51,59)/t39-,42?,44+,47+/m1/s1. The van der Waals surface area contributed by atoms with Crippen molar-refractivity contribution in [2.45, 2.75) is 76.0 Å². The molecule has 13 nitrogen and oxygen atoms in total. The summed E-state index contributed by atoms with van der Waals surface area (Å²) in [6.07, 6.45) is 0.433. The number of aliphatic hydroxyl groups excluding tert-OH is 1. The van der Waals surface area contributed by atoms with E-state index in [0.717, 1.165) is 75.9 Å². The number of imidazole rings is 1. The van der Waals surface area contributed by atoms with Gasteiger partial charge in [0.1, 0.15) is 12.6 Å². The lowest BCUT2D eigenvalue weighted by molar-refractivity contribution is -0.253. The first-order valence-corrected chi connectivity index (χ1v) is 21.2. The van der Waals surface area contributed by atoms with Gasteiger partial charge in [-0.05, 0) is 58.4 Å². The number of piperidine rings is 1. The summed E-state index contributed by atoms with van der Waals surface area (Å²) in [7, 11) is 0. The largest absolute Gasteiger partial charge is 0.445 e. The fourth-order valence-electron chi connectivity index (χ4n) is 8.92. The highest BCUT2D eigenvalue weighted by molar-refractivity contribution is 6.06. The second-order valence-corrected chi connectivity index (χ2v) is 16.3. The van der Waals surface area contributed by atoms with E-state index in [4.69, 9.17) is 14.2 Å². The summed E-state index contributed by atoms with van der Waals surface area (Å²) in [5.41, 5.74) is 7.77. The maximum Gasteiger partial charge on any atom is 0.408 e. The lowest BCUT2D eigenvalue weighted by Crippen LogP contribution is -2.43. The quantitative estimate of drug-likeness (QED) is 0.111. The van der Waals surface area contributed by atoms with Gasteiger partial charge in [-0.2, -0.15) is 0 Å². The molecule has 13 heteroatoms. The summed E-state index contributed by atoms with van der Waals surface area (Å²) in [6.45, 7) is 2.44. The van der Waals surface area contributed by atoms with Gasteiger partial charge in [-0.3, -0.25) is 19.1 Å². The van der Waals surface area contributed by atoms with Crippen LogP contribution in [0.3, 0.4) is 0 Å². The Morgan fingerprint density at radius 2 is 1.50 bits per heavy atom. The Kier molecular flexibility index (Phi) is 12.1. The van der Waals surface area contributed by atoms with Gasteiger partial charge in [0.25, 0.3) is 5.91 Å². The predicted octanol–water partition coefficient (Wildman–Crippen LogP) is 6.93. The molecular formula is C49H49N5O8. The van der Waals surface area contributed by atoms with Gasteiger partial charge < -0.3 is 34.5 Å². The minimum atomic E-state index is -1.00. The van der Waals surface area contributed by atoms with Gasteiger partial charge in [-0.15, -0.1) is 0 Å². The number of aliphatic hydroxyl groups is 1. The molecule has 0 bridgehead atoms. The van der Waals surface area contributed by atoms with Crippen LogP contribution >= 0.6 is 0 Å². The first kappa shape index (κ1) is 41.0. The molecule has 318 valence electrons. The molecule has 9 rings (SSSR count). The third-order valence-corrected chi connectivity index (χ3v) is 12.2. The normalized spacial score (nSPS) is 21.1. The molecule has 0 aliphatic carbocycles. The Labute approximate surface area is 358 Å². The molecule has 62 heavy (non-hydrogen) atoms. The number of aromatic amines is 1. The molecular weight excluding hydrogens is 787 g/mol. The number of alkyl carbamates (subject to hydrolysis) is 1. The third-order valence-electron chi connectivity index (χ3n) is 12.2. The van der Waals surface area contributed by atoms with Crippen LogP contribution in [0.1, 0.15) is 71.9 Å². The number of hydrogen-bond donors (Lipinski definition) is 3. The summed E-state index contributed by atoms with van der Waals surface area (Å²) in [5, 5.41) is 12.2. The molecule has 3 aliphatic heterocycles. The van der Waals surface area contributed by atoms with Crippen molar-refractivity contribution < 1.29 is 33.7 Å². The van der Waals surface area contributed by atoms with Gasteiger partial charge in [0, 0.05) is 37.7 Å². The Balaban J connectivity index is 0.869. The number of amides is 3. The van der Waals surface area contributed by atoms with Crippen LogP contribution in [0.15, 0.2) is 132 Å². The van der Waals surface area contributed by atoms with Gasteiger partial charge >= 0.3 is 11.8 Å². The molecule has 3 fully saturated rings. The van der Waals surface area contributed by atoms with Crippen LogP contribution < -0.4 is 11.0 Å². The van der Waals surface area contributed by atoms with Crippen molar-refractivity contribution in [3.8, 4) is 11.1 Å². The van der Waals surface area contributed by atoms with E-state index in [1.165, 1.54) is 4.90 Å². The average molecular weight is 836 g/mol. The minimum absolute atomic E-state index is 0.0371. The molecule has 3 aliphatic rings. The number of nitrogens with zero attached hydrogens (tertiary/aromatic N) is 3. The molecule has 3 amide bonds. The van der Waals surface area contributed by atoms with Gasteiger partial charge in [0.15, 0.2) is 6.29 Å². The van der Waals surface area contributed by atoms with Crippen LogP contribution in [0.5, 0.6) is 0 Å². The highest BCUT2D eigenvalue weighted by Crippen LogP contribution is 2.39. The van der Waals surface area contributed by atoms with Crippen LogP contribution in [0.25, 0.3) is 22.2 Å². The number of likely N-dealkylation sites (tertiary alicyclic amines) is 2. The van der Waals surface area contributed by atoms with E-state index in [-0.39, 0.29) is 56.0 Å². The van der Waals surface area contributed by atoms with Crippen molar-refractivity contribution in [3.05, 3.63) is 166 Å². The summed E-state index contributed by atoms with van der Waals surface area (Å²) >= 11 is 0. The second-order valence-electron chi connectivity index (χ2n) is 16.3. The molecule has 6 aromatic rings. The van der Waals surface area contributed by atoms with Crippen LogP contribution in [-0.4, -0.2) is 74.1 Å². The molecule has 5 aromatic carbocycles. The lowest BCUT2D eigenvalue weighted by Gasteiger charge is -2.40. The topological polar surface area (TPSA) is 155 Å². The van der Waals surface area contributed by atoms with Crippen LogP contribution in [0.4, 0.5) is 4.79 Å². The smallest absolute Gasteiger partial charge is 0.408 e. The number of hydrogen-bond acceptors (Lipinski definition) is 9. The number of fused-ring (bicyclic) bond motifs is 1. The fraction of sp³-hybridized carbons (Fsp3) is 0.306. The highest BCUT2D eigenvalue weighted by Gasteiger charge is 2.40. The van der Waals surface area contributed by atoms with Crippen molar-refractivity contribution in [1.82, 2.24) is 24.7 Å². The van der Waals surface area contributed by atoms with Crippen molar-refractivity contribution in [2.24, 2.45) is 0 Å². The Hall–Kier alpha value is -6.38. The van der Waals surface area contributed by atoms with Gasteiger partial charge in [-0.1, -0.05) is 115 Å². The van der Waals surface area contributed by atoms with E-state index in [9.17, 15) is 24.3 Å². The third kappa shape index (κ3) is 8.97. The number of aromatic nitrogens is 2. The highest BCUT2D eigenvalue weighted by atomic mass is 16.7. The molecule has 4 atom stereocenters. The zero-order valence-electron chi connectivity index (χ0n) is 34.2. The number of para-hydroxylation sites is 2. The first-order valence-electron chi connectivity index (χ1n) is 21.2. The monoisotopic (exact) mass is 835 g/mol. The number of ether oxygens (including phenoxy) is 3.